The van der Waals surface area contributed by atoms with Gasteiger partial charge in [-0.25, -0.2) is 9.78 Å². The summed E-state index contributed by atoms with van der Waals surface area (Å²) in [5.41, 5.74) is -0.627. The van der Waals surface area contributed by atoms with Crippen LogP contribution in [0.15, 0.2) is 36.7 Å². The normalized spacial score (nSPS) is 26.5. The Balaban J connectivity index is 1.39. The molecule has 2 aliphatic rings. The predicted molar refractivity (Wildman–Crippen MR) is 128 cm³/mol. The number of aliphatic hydroxyl groups excluding tert-OH is 1. The van der Waals surface area contributed by atoms with Crippen LogP contribution < -0.4 is 4.90 Å². The Kier molecular flexibility index (Phi) is 6.55. The van der Waals surface area contributed by atoms with E-state index in [1.54, 1.807) is 24.3 Å². The van der Waals surface area contributed by atoms with Crippen molar-refractivity contribution in [2.45, 2.75) is 43.0 Å². The third-order valence-corrected chi connectivity index (χ3v) is 6.71. The fourth-order valence-electron chi connectivity index (χ4n) is 4.38. The van der Waals surface area contributed by atoms with E-state index in [-0.39, 0.29) is 18.3 Å². The Labute approximate surface area is 211 Å². The van der Waals surface area contributed by atoms with E-state index < -0.39 is 36.1 Å². The number of nitrogens with zero attached hydrogens (tertiary/aromatic N) is 5. The summed E-state index contributed by atoms with van der Waals surface area (Å²) < 4.78 is 13.0. The van der Waals surface area contributed by atoms with E-state index in [0.717, 1.165) is 25.1 Å². The van der Waals surface area contributed by atoms with Crippen LogP contribution in [0.3, 0.4) is 0 Å². The van der Waals surface area contributed by atoms with Crippen LogP contribution in [0.4, 0.5) is 5.82 Å². The van der Waals surface area contributed by atoms with Crippen molar-refractivity contribution in [2.24, 2.45) is 0 Å². The van der Waals surface area contributed by atoms with Gasteiger partial charge in [-0.05, 0) is 23.6 Å². The smallest absolute Gasteiger partial charge is 0.333 e. The van der Waals surface area contributed by atoms with Gasteiger partial charge >= 0.3 is 5.97 Å². The fourth-order valence-corrected chi connectivity index (χ4v) is 4.54. The number of aliphatic hydroxyl groups is 2. The molecule has 5 rings (SSSR count). The summed E-state index contributed by atoms with van der Waals surface area (Å²) in [4.78, 5) is 26.7. The van der Waals surface area contributed by atoms with E-state index in [1.165, 1.54) is 10.9 Å². The molecule has 4 heterocycles. The maximum absolute atomic E-state index is 11.8. The van der Waals surface area contributed by atoms with Crippen LogP contribution in [0.2, 0.25) is 5.28 Å². The van der Waals surface area contributed by atoms with E-state index >= 15 is 0 Å². The fraction of sp³-hybridized carbons (Fsp3) is 0.417. The Morgan fingerprint density at radius 3 is 2.72 bits per heavy atom. The Morgan fingerprint density at radius 1 is 1.33 bits per heavy atom. The lowest BCUT2D eigenvalue weighted by Gasteiger charge is -2.32. The van der Waals surface area contributed by atoms with Gasteiger partial charge in [0.15, 0.2) is 34.9 Å². The largest absolute Gasteiger partial charge is 0.479 e. The van der Waals surface area contributed by atoms with Crippen molar-refractivity contribution in [1.29, 1.82) is 0 Å². The minimum atomic E-state index is -2.16. The SMILES string of the molecule is C#C[C@@]1(O)[C@@H](COC(Cc2ccccc2)C(=O)O)O[C@@H](n2cnc3c(N4CCC4)nc(Cl)nc32)[C@@H]1O. The van der Waals surface area contributed by atoms with Gasteiger partial charge in [0.1, 0.15) is 12.2 Å². The van der Waals surface area contributed by atoms with Crippen molar-refractivity contribution < 1.29 is 29.6 Å². The van der Waals surface area contributed by atoms with Crippen molar-refractivity contribution in [1.82, 2.24) is 19.5 Å². The zero-order valence-electron chi connectivity index (χ0n) is 19.1. The molecule has 188 valence electrons. The second-order valence-electron chi connectivity index (χ2n) is 8.76. The molecule has 0 bridgehead atoms. The summed E-state index contributed by atoms with van der Waals surface area (Å²) in [6.45, 7) is 1.24. The number of hydrogen-bond donors (Lipinski definition) is 3. The van der Waals surface area contributed by atoms with E-state index in [4.69, 9.17) is 27.5 Å². The number of halogens is 1. The van der Waals surface area contributed by atoms with Gasteiger partial charge in [-0.3, -0.25) is 4.57 Å². The molecular weight excluding hydrogens is 490 g/mol. The standard InChI is InChI=1S/C24H24ClN5O6/c1-2-24(34)16(12-35-15(22(32)33)11-14-7-4-3-5-8-14)36-21(18(24)31)30-13-26-17-19(29-9-6-10-29)27-23(25)28-20(17)30/h1,3-5,7-8,13,15-16,18,21,31,34H,6,9-12H2,(H,32,33)/t15?,16-,18+,21-,24-/m1/s1. The molecule has 0 spiro atoms. The number of rotatable bonds is 8. The molecule has 2 aliphatic heterocycles. The van der Waals surface area contributed by atoms with Gasteiger partial charge in [0.05, 0.1) is 12.9 Å². The highest BCUT2D eigenvalue weighted by atomic mass is 35.5. The van der Waals surface area contributed by atoms with Crippen LogP contribution in [0.5, 0.6) is 0 Å². The lowest BCUT2D eigenvalue weighted by atomic mass is 9.93. The van der Waals surface area contributed by atoms with Crippen LogP contribution in [-0.2, 0) is 20.7 Å². The molecule has 2 aromatic heterocycles. The number of hydrogen-bond acceptors (Lipinski definition) is 9. The second-order valence-corrected chi connectivity index (χ2v) is 9.10. The molecule has 1 unspecified atom stereocenters. The van der Waals surface area contributed by atoms with Gasteiger partial charge in [-0.2, -0.15) is 9.97 Å². The van der Waals surface area contributed by atoms with Crippen molar-refractivity contribution in [2.75, 3.05) is 24.6 Å². The van der Waals surface area contributed by atoms with E-state index in [1.807, 2.05) is 11.0 Å². The number of carboxylic acids is 1. The number of fused-ring (bicyclic) bond motifs is 1. The third kappa shape index (κ3) is 4.27. The van der Waals surface area contributed by atoms with Gasteiger partial charge in [0, 0.05) is 19.5 Å². The second kappa shape index (κ2) is 9.65. The summed E-state index contributed by atoms with van der Waals surface area (Å²) in [6, 6.07) is 8.99. The van der Waals surface area contributed by atoms with Gasteiger partial charge in [-0.15, -0.1) is 6.42 Å². The van der Waals surface area contributed by atoms with Crippen LogP contribution in [0.25, 0.3) is 11.2 Å². The topological polar surface area (TPSA) is 143 Å². The lowest BCUT2D eigenvalue weighted by molar-refractivity contribution is -0.156. The van der Waals surface area contributed by atoms with Crippen LogP contribution in [0.1, 0.15) is 18.2 Å². The predicted octanol–water partition coefficient (Wildman–Crippen LogP) is 1.02. The number of aliphatic carboxylic acids is 1. The van der Waals surface area contributed by atoms with E-state index in [0.29, 0.717) is 17.0 Å². The first-order valence-electron chi connectivity index (χ1n) is 11.4. The zero-order valence-corrected chi connectivity index (χ0v) is 19.8. The number of ether oxygens (including phenoxy) is 2. The molecule has 2 saturated heterocycles. The highest BCUT2D eigenvalue weighted by Crippen LogP contribution is 2.39. The summed E-state index contributed by atoms with van der Waals surface area (Å²) in [5, 5.41) is 31.7. The summed E-state index contributed by atoms with van der Waals surface area (Å²) in [5.74, 6) is 1.59. The number of carbonyl (C=O) groups is 1. The first-order chi connectivity index (χ1) is 17.3. The molecule has 2 fully saturated rings. The maximum Gasteiger partial charge on any atom is 0.333 e. The van der Waals surface area contributed by atoms with Crippen LogP contribution in [-0.4, -0.2) is 84.4 Å². The Hall–Kier alpha value is -3.27. The Bertz CT molecular complexity index is 1310. The third-order valence-electron chi connectivity index (χ3n) is 6.54. The monoisotopic (exact) mass is 513 g/mol. The molecule has 36 heavy (non-hydrogen) atoms. The Morgan fingerprint density at radius 2 is 2.08 bits per heavy atom. The summed E-state index contributed by atoms with van der Waals surface area (Å²) in [6.07, 6.45) is 2.90. The maximum atomic E-state index is 11.8. The number of aromatic nitrogens is 4. The van der Waals surface area contributed by atoms with Gasteiger partial charge in [-0.1, -0.05) is 36.3 Å². The average Bonchev–Trinajstić information content (AvgIpc) is 3.35. The molecule has 3 aromatic rings. The highest BCUT2D eigenvalue weighted by molar-refractivity contribution is 6.28. The number of imidazole rings is 1. The molecule has 11 nitrogen and oxygen atoms in total. The number of anilines is 1. The number of terminal acetylenes is 1. The average molecular weight is 514 g/mol. The van der Waals surface area contributed by atoms with Crippen molar-refractivity contribution in [3.8, 4) is 12.3 Å². The summed E-state index contributed by atoms with van der Waals surface area (Å²) >= 11 is 6.16. The van der Waals surface area contributed by atoms with Crippen LogP contribution in [0, 0.1) is 12.3 Å². The minimum absolute atomic E-state index is 0.00376. The van der Waals surface area contributed by atoms with Crippen molar-refractivity contribution in [3.63, 3.8) is 0 Å². The van der Waals surface area contributed by atoms with Crippen molar-refractivity contribution >= 4 is 34.6 Å². The molecule has 5 atom stereocenters. The van der Waals surface area contributed by atoms with Gasteiger partial charge < -0.3 is 29.7 Å². The zero-order chi connectivity index (χ0) is 25.4. The molecule has 3 N–H and O–H groups in total. The molecule has 1 aromatic carbocycles. The van der Waals surface area contributed by atoms with Gasteiger partial charge in [0.25, 0.3) is 0 Å². The van der Waals surface area contributed by atoms with Gasteiger partial charge in [0.2, 0.25) is 5.28 Å². The quantitative estimate of drug-likeness (QED) is 0.295. The summed E-state index contributed by atoms with van der Waals surface area (Å²) in [7, 11) is 0. The number of carboxylic acid groups (broad SMARTS) is 1. The highest BCUT2D eigenvalue weighted by Gasteiger charge is 2.56. The lowest BCUT2D eigenvalue weighted by Crippen LogP contribution is -2.48. The van der Waals surface area contributed by atoms with E-state index in [9.17, 15) is 20.1 Å². The van der Waals surface area contributed by atoms with Crippen molar-refractivity contribution in [3.05, 3.63) is 47.5 Å². The molecule has 0 amide bonds. The molecule has 12 heteroatoms. The first-order valence-corrected chi connectivity index (χ1v) is 11.8. The van der Waals surface area contributed by atoms with E-state index in [2.05, 4.69) is 20.9 Å². The van der Waals surface area contributed by atoms with Crippen LogP contribution >= 0.6 is 11.6 Å². The first kappa shape index (κ1) is 24.4. The number of benzene rings is 1. The molecule has 0 radical (unpaired) electrons. The molecule has 0 saturated carbocycles. The minimum Gasteiger partial charge on any atom is -0.479 e. The molecular formula is C24H24ClN5O6. The molecule has 0 aliphatic carbocycles.